The Balaban J connectivity index is 1.64. The van der Waals surface area contributed by atoms with Crippen LogP contribution in [0.25, 0.3) is 0 Å². The van der Waals surface area contributed by atoms with Gasteiger partial charge in [-0.05, 0) is 76.5 Å². The molecule has 0 aromatic carbocycles. The number of esters is 1. The largest absolute Gasteiger partial charge is 0.469 e. The van der Waals surface area contributed by atoms with E-state index in [9.17, 15) is 9.59 Å². The summed E-state index contributed by atoms with van der Waals surface area (Å²) in [6.45, 7) is 5.84. The number of hydrogen-bond acceptors (Lipinski definition) is 4. The molecule has 0 N–H and O–H groups in total. The number of methoxy groups -OCH3 is 1. The van der Waals surface area contributed by atoms with E-state index in [0.29, 0.717) is 25.6 Å². The van der Waals surface area contributed by atoms with Crippen molar-refractivity contribution in [1.29, 1.82) is 0 Å². The highest BCUT2D eigenvalue weighted by molar-refractivity contribution is 5.84. The zero-order valence-electron chi connectivity index (χ0n) is 16.7. The Bertz CT molecular complexity index is 481. The van der Waals surface area contributed by atoms with Crippen LogP contribution in [-0.4, -0.2) is 49.7 Å². The molecule has 0 aromatic heterocycles. The molecule has 5 heteroatoms. The van der Waals surface area contributed by atoms with Gasteiger partial charge in [0, 0.05) is 19.7 Å². The van der Waals surface area contributed by atoms with Gasteiger partial charge in [-0.15, -0.1) is 0 Å². The number of amides is 1. The quantitative estimate of drug-likeness (QED) is 0.464. The van der Waals surface area contributed by atoms with Gasteiger partial charge in [-0.2, -0.15) is 0 Å². The van der Waals surface area contributed by atoms with Crippen molar-refractivity contribution in [3.8, 4) is 0 Å². The van der Waals surface area contributed by atoms with Crippen LogP contribution in [0.1, 0.15) is 65.2 Å². The fourth-order valence-electron chi connectivity index (χ4n) is 5.93. The van der Waals surface area contributed by atoms with E-state index < -0.39 is 0 Å². The molecule has 0 radical (unpaired) electrons. The standard InChI is InChI=1S/C21H35NO4/c1-15(2)26-8-4-6-22(7-5-19(23)25-3)20(24)21-12-16-9-17(13-21)11-18(10-16)14-21/h15-18H,4-14H2,1-3H3. The summed E-state index contributed by atoms with van der Waals surface area (Å²) in [6, 6.07) is 0. The summed E-state index contributed by atoms with van der Waals surface area (Å²) < 4.78 is 10.4. The monoisotopic (exact) mass is 365 g/mol. The van der Waals surface area contributed by atoms with Crippen molar-refractivity contribution in [1.82, 2.24) is 4.90 Å². The maximum absolute atomic E-state index is 13.6. The molecule has 5 nitrogen and oxygen atoms in total. The minimum absolute atomic E-state index is 0.149. The lowest BCUT2D eigenvalue weighted by molar-refractivity contribution is -0.158. The maximum Gasteiger partial charge on any atom is 0.307 e. The van der Waals surface area contributed by atoms with Crippen molar-refractivity contribution >= 4 is 11.9 Å². The zero-order chi connectivity index (χ0) is 18.7. The second kappa shape index (κ2) is 8.28. The first-order chi connectivity index (χ1) is 12.4. The third-order valence-electron chi connectivity index (χ3n) is 6.62. The van der Waals surface area contributed by atoms with Gasteiger partial charge >= 0.3 is 5.97 Å². The van der Waals surface area contributed by atoms with Crippen LogP contribution < -0.4 is 0 Å². The van der Waals surface area contributed by atoms with Crippen LogP contribution in [0.15, 0.2) is 0 Å². The molecule has 4 aliphatic carbocycles. The van der Waals surface area contributed by atoms with E-state index in [0.717, 1.165) is 43.4 Å². The topological polar surface area (TPSA) is 55.8 Å². The molecule has 4 bridgehead atoms. The first-order valence-electron chi connectivity index (χ1n) is 10.4. The Kier molecular flexibility index (Phi) is 6.26. The maximum atomic E-state index is 13.6. The van der Waals surface area contributed by atoms with Gasteiger partial charge in [0.05, 0.1) is 25.0 Å². The van der Waals surface area contributed by atoms with Crippen LogP contribution in [0, 0.1) is 23.2 Å². The third kappa shape index (κ3) is 4.41. The van der Waals surface area contributed by atoms with Gasteiger partial charge in [0.15, 0.2) is 0 Å². The van der Waals surface area contributed by atoms with E-state index >= 15 is 0 Å². The Morgan fingerprint density at radius 2 is 1.62 bits per heavy atom. The number of carbonyl (C=O) groups excluding carboxylic acids is 2. The van der Waals surface area contributed by atoms with E-state index in [-0.39, 0.29) is 23.9 Å². The molecule has 0 aliphatic heterocycles. The first kappa shape index (κ1) is 19.7. The zero-order valence-corrected chi connectivity index (χ0v) is 16.7. The van der Waals surface area contributed by atoms with E-state index in [2.05, 4.69) is 0 Å². The molecule has 4 rings (SSSR count). The summed E-state index contributed by atoms with van der Waals surface area (Å²) >= 11 is 0. The highest BCUT2D eigenvalue weighted by atomic mass is 16.5. The third-order valence-corrected chi connectivity index (χ3v) is 6.62. The molecule has 4 aliphatic rings. The molecule has 0 heterocycles. The van der Waals surface area contributed by atoms with Crippen LogP contribution in [0.3, 0.4) is 0 Å². The molecule has 4 saturated carbocycles. The Morgan fingerprint density at radius 3 is 2.12 bits per heavy atom. The number of hydrogen-bond donors (Lipinski definition) is 0. The summed E-state index contributed by atoms with van der Waals surface area (Å²) in [5, 5.41) is 0. The fraction of sp³-hybridized carbons (Fsp3) is 0.905. The van der Waals surface area contributed by atoms with Crippen LogP contribution in [-0.2, 0) is 19.1 Å². The lowest BCUT2D eigenvalue weighted by Gasteiger charge is -2.56. The molecule has 0 unspecified atom stereocenters. The number of ether oxygens (including phenoxy) is 2. The fourth-order valence-corrected chi connectivity index (χ4v) is 5.93. The minimum atomic E-state index is -0.244. The van der Waals surface area contributed by atoms with Crippen molar-refractivity contribution in [2.24, 2.45) is 23.2 Å². The Morgan fingerprint density at radius 1 is 1.04 bits per heavy atom. The Hall–Kier alpha value is -1.10. The minimum Gasteiger partial charge on any atom is -0.469 e. The molecule has 1 amide bonds. The Labute approximate surface area is 157 Å². The van der Waals surface area contributed by atoms with Crippen molar-refractivity contribution in [2.75, 3.05) is 26.8 Å². The van der Waals surface area contributed by atoms with Gasteiger partial charge in [-0.25, -0.2) is 0 Å². The number of carbonyl (C=O) groups is 2. The SMILES string of the molecule is COC(=O)CCN(CCCOC(C)C)C(=O)C12CC3CC(CC(C3)C1)C2. The van der Waals surface area contributed by atoms with Gasteiger partial charge in [0.25, 0.3) is 0 Å². The number of rotatable bonds is 9. The first-order valence-corrected chi connectivity index (χ1v) is 10.4. The van der Waals surface area contributed by atoms with Gasteiger partial charge in [0.1, 0.15) is 0 Å². The highest BCUT2D eigenvalue weighted by Gasteiger charge is 2.55. The van der Waals surface area contributed by atoms with Crippen LogP contribution >= 0.6 is 0 Å². The van der Waals surface area contributed by atoms with E-state index in [4.69, 9.17) is 9.47 Å². The molecule has 0 aromatic rings. The molecule has 148 valence electrons. The molecule has 0 spiro atoms. The van der Waals surface area contributed by atoms with Gasteiger partial charge < -0.3 is 14.4 Å². The van der Waals surface area contributed by atoms with Crippen LogP contribution in [0.5, 0.6) is 0 Å². The lowest BCUT2D eigenvalue weighted by atomic mass is 9.49. The smallest absolute Gasteiger partial charge is 0.307 e. The predicted octanol–water partition coefficient (Wildman–Crippen LogP) is 3.41. The summed E-state index contributed by atoms with van der Waals surface area (Å²) in [5.41, 5.74) is -0.149. The average Bonchev–Trinajstić information content (AvgIpc) is 2.58. The average molecular weight is 366 g/mol. The molecule has 0 saturated heterocycles. The summed E-state index contributed by atoms with van der Waals surface area (Å²) in [6.07, 6.45) is 8.48. The van der Waals surface area contributed by atoms with E-state index in [1.54, 1.807) is 0 Å². The van der Waals surface area contributed by atoms with Gasteiger partial charge in [-0.1, -0.05) is 0 Å². The second-order valence-corrected chi connectivity index (χ2v) is 9.09. The van der Waals surface area contributed by atoms with Gasteiger partial charge in [-0.3, -0.25) is 9.59 Å². The van der Waals surface area contributed by atoms with Crippen molar-refractivity contribution < 1.29 is 19.1 Å². The molecule has 26 heavy (non-hydrogen) atoms. The predicted molar refractivity (Wildman–Crippen MR) is 99.5 cm³/mol. The summed E-state index contributed by atoms with van der Waals surface area (Å²) in [5.74, 6) is 2.29. The molecule has 4 fully saturated rings. The van der Waals surface area contributed by atoms with Crippen molar-refractivity contribution in [2.45, 2.75) is 71.3 Å². The van der Waals surface area contributed by atoms with Crippen molar-refractivity contribution in [3.63, 3.8) is 0 Å². The second-order valence-electron chi connectivity index (χ2n) is 9.09. The molecular formula is C21H35NO4. The molecule has 0 atom stereocenters. The van der Waals surface area contributed by atoms with E-state index in [1.807, 2.05) is 18.7 Å². The molecular weight excluding hydrogens is 330 g/mol. The van der Waals surface area contributed by atoms with E-state index in [1.165, 1.54) is 26.4 Å². The van der Waals surface area contributed by atoms with Crippen molar-refractivity contribution in [3.05, 3.63) is 0 Å². The van der Waals surface area contributed by atoms with Crippen LogP contribution in [0.4, 0.5) is 0 Å². The summed E-state index contributed by atoms with van der Waals surface area (Å²) in [7, 11) is 1.41. The van der Waals surface area contributed by atoms with Crippen LogP contribution in [0.2, 0.25) is 0 Å². The number of nitrogens with zero attached hydrogens (tertiary/aromatic N) is 1. The summed E-state index contributed by atoms with van der Waals surface area (Å²) in [4.78, 5) is 27.1. The lowest BCUT2D eigenvalue weighted by Crippen LogP contribution is -2.55. The highest BCUT2D eigenvalue weighted by Crippen LogP contribution is 2.60. The van der Waals surface area contributed by atoms with Gasteiger partial charge in [0.2, 0.25) is 5.91 Å². The normalized spacial score (nSPS) is 32.1.